The summed E-state index contributed by atoms with van der Waals surface area (Å²) in [6.07, 6.45) is 0.733. The van der Waals surface area contributed by atoms with Crippen molar-refractivity contribution in [3.63, 3.8) is 0 Å². The smallest absolute Gasteiger partial charge is 0.286 e. The van der Waals surface area contributed by atoms with Crippen LogP contribution in [0.5, 0.6) is 5.88 Å². The van der Waals surface area contributed by atoms with Gasteiger partial charge in [0.25, 0.3) is 5.56 Å². The molecule has 10 heteroatoms. The fraction of sp³-hybridized carbons (Fsp3) is 0.385. The average Bonchev–Trinajstić information content (AvgIpc) is 2.96. The van der Waals surface area contributed by atoms with Crippen molar-refractivity contribution >= 4 is 30.0 Å². The van der Waals surface area contributed by atoms with Gasteiger partial charge in [0.1, 0.15) is 12.0 Å². The van der Waals surface area contributed by atoms with Crippen molar-refractivity contribution in [1.29, 1.82) is 0 Å². The third-order valence-electron chi connectivity index (χ3n) is 3.09. The monoisotopic (exact) mass is 337 g/mol. The highest BCUT2D eigenvalue weighted by atomic mass is 32.1. The van der Waals surface area contributed by atoms with Crippen LogP contribution in [0.1, 0.15) is 19.6 Å². The molecular formula is C13H15N5O4S. The first kappa shape index (κ1) is 16.7. The number of aromatic hydroxyl groups is 1. The standard InChI is InChI=1S/C13H15N5O4S/c1-3-17-11(20)10(12(21)18(4-2)13(17)23)15-14-9-7-8(5-6-19)22-16-9/h6-7,20H,3-5H2,1-2H3. The van der Waals surface area contributed by atoms with Crippen molar-refractivity contribution in [1.82, 2.24) is 14.3 Å². The van der Waals surface area contributed by atoms with E-state index in [0.717, 1.165) is 0 Å². The predicted molar refractivity (Wildman–Crippen MR) is 83.0 cm³/mol. The lowest BCUT2D eigenvalue weighted by molar-refractivity contribution is -0.107. The van der Waals surface area contributed by atoms with E-state index in [0.29, 0.717) is 25.1 Å². The lowest BCUT2D eigenvalue weighted by Gasteiger charge is -2.12. The summed E-state index contributed by atoms with van der Waals surface area (Å²) < 4.78 is 7.77. The Morgan fingerprint density at radius 3 is 2.65 bits per heavy atom. The molecule has 0 unspecified atom stereocenters. The number of azo groups is 1. The van der Waals surface area contributed by atoms with E-state index in [1.807, 2.05) is 0 Å². The molecule has 0 saturated heterocycles. The number of nitrogens with zero attached hydrogens (tertiary/aromatic N) is 5. The summed E-state index contributed by atoms with van der Waals surface area (Å²) in [4.78, 5) is 22.7. The zero-order chi connectivity index (χ0) is 17.0. The maximum Gasteiger partial charge on any atom is 0.286 e. The summed E-state index contributed by atoms with van der Waals surface area (Å²) in [5, 5.41) is 21.3. The van der Waals surface area contributed by atoms with Gasteiger partial charge in [-0.25, -0.2) is 0 Å². The van der Waals surface area contributed by atoms with Crippen molar-refractivity contribution in [2.45, 2.75) is 33.4 Å². The fourth-order valence-electron chi connectivity index (χ4n) is 1.95. The molecule has 0 aromatic carbocycles. The van der Waals surface area contributed by atoms with E-state index in [1.54, 1.807) is 13.8 Å². The highest BCUT2D eigenvalue weighted by Gasteiger charge is 2.15. The predicted octanol–water partition coefficient (Wildman–Crippen LogP) is 2.27. The molecule has 9 nitrogen and oxygen atoms in total. The Labute approximate surface area is 135 Å². The molecule has 0 spiro atoms. The van der Waals surface area contributed by atoms with Gasteiger partial charge in [-0.1, -0.05) is 5.16 Å². The van der Waals surface area contributed by atoms with Crippen LogP contribution in [0.4, 0.5) is 11.5 Å². The Morgan fingerprint density at radius 1 is 1.35 bits per heavy atom. The Balaban J connectivity index is 2.50. The molecule has 23 heavy (non-hydrogen) atoms. The van der Waals surface area contributed by atoms with Crippen LogP contribution in [0.2, 0.25) is 0 Å². The number of rotatable bonds is 6. The van der Waals surface area contributed by atoms with Crippen molar-refractivity contribution < 1.29 is 14.4 Å². The molecule has 2 heterocycles. The molecule has 2 rings (SSSR count). The lowest BCUT2D eigenvalue weighted by atomic mass is 10.3. The van der Waals surface area contributed by atoms with E-state index in [9.17, 15) is 14.7 Å². The molecule has 0 aliphatic carbocycles. The van der Waals surface area contributed by atoms with Crippen LogP contribution in [0, 0.1) is 4.77 Å². The van der Waals surface area contributed by atoms with Crippen LogP contribution < -0.4 is 5.56 Å². The molecule has 2 aromatic rings. The maximum absolute atomic E-state index is 12.3. The van der Waals surface area contributed by atoms with Crippen LogP contribution in [-0.2, 0) is 24.3 Å². The van der Waals surface area contributed by atoms with Crippen molar-refractivity contribution in [2.24, 2.45) is 10.2 Å². The van der Waals surface area contributed by atoms with E-state index in [2.05, 4.69) is 15.4 Å². The van der Waals surface area contributed by atoms with Crippen LogP contribution in [0.25, 0.3) is 0 Å². The van der Waals surface area contributed by atoms with Gasteiger partial charge in [0.15, 0.2) is 4.77 Å². The van der Waals surface area contributed by atoms with Gasteiger partial charge >= 0.3 is 0 Å². The first-order chi connectivity index (χ1) is 11.0. The van der Waals surface area contributed by atoms with Gasteiger partial charge in [-0.2, -0.15) is 0 Å². The first-order valence-electron chi connectivity index (χ1n) is 6.91. The van der Waals surface area contributed by atoms with Gasteiger partial charge in [0.2, 0.25) is 17.4 Å². The van der Waals surface area contributed by atoms with Gasteiger partial charge < -0.3 is 14.4 Å². The second-order valence-corrected chi connectivity index (χ2v) is 4.84. The summed E-state index contributed by atoms with van der Waals surface area (Å²) in [6, 6.07) is 1.42. The van der Waals surface area contributed by atoms with Gasteiger partial charge in [-0.3, -0.25) is 13.9 Å². The SMILES string of the molecule is CCn1c(O)c(N=Nc2cc(CC=O)on2)c(=O)n(CC)c1=S. The number of carbonyl (C=O) groups excluding carboxylic acids is 1. The van der Waals surface area contributed by atoms with Gasteiger partial charge in [0.05, 0.1) is 6.42 Å². The van der Waals surface area contributed by atoms with E-state index in [4.69, 9.17) is 16.7 Å². The number of carbonyl (C=O) groups is 1. The van der Waals surface area contributed by atoms with Crippen LogP contribution in [0.15, 0.2) is 25.6 Å². The second-order valence-electron chi connectivity index (χ2n) is 4.47. The molecule has 2 aromatic heterocycles. The minimum absolute atomic E-state index is 0.0664. The maximum atomic E-state index is 12.3. The summed E-state index contributed by atoms with van der Waals surface area (Å²) in [5.74, 6) is 0.0652. The molecule has 0 bridgehead atoms. The molecule has 0 atom stereocenters. The van der Waals surface area contributed by atoms with Gasteiger partial charge in [0, 0.05) is 19.2 Å². The van der Waals surface area contributed by atoms with Crippen molar-refractivity contribution in [3.8, 4) is 5.88 Å². The van der Waals surface area contributed by atoms with Gasteiger partial charge in [-0.05, 0) is 26.1 Å². The lowest BCUT2D eigenvalue weighted by Crippen LogP contribution is -2.24. The molecular weight excluding hydrogens is 322 g/mol. The zero-order valence-corrected chi connectivity index (χ0v) is 13.4. The quantitative estimate of drug-likeness (QED) is 0.491. The van der Waals surface area contributed by atoms with Crippen LogP contribution >= 0.6 is 12.2 Å². The third-order valence-corrected chi connectivity index (χ3v) is 3.53. The van der Waals surface area contributed by atoms with Crippen molar-refractivity contribution in [3.05, 3.63) is 27.0 Å². The molecule has 0 saturated carbocycles. The second kappa shape index (κ2) is 7.09. The highest BCUT2D eigenvalue weighted by Crippen LogP contribution is 2.24. The van der Waals surface area contributed by atoms with Crippen molar-refractivity contribution in [2.75, 3.05) is 0 Å². The molecule has 0 aliphatic rings. The number of hydrogen-bond donors (Lipinski definition) is 1. The molecule has 1 N–H and O–H groups in total. The Bertz CT molecular complexity index is 864. The Hall–Kier alpha value is -2.62. The topological polar surface area (TPSA) is 115 Å². The number of hydrogen-bond acceptors (Lipinski definition) is 8. The minimum atomic E-state index is -0.542. The average molecular weight is 337 g/mol. The largest absolute Gasteiger partial charge is 0.493 e. The van der Waals surface area contributed by atoms with E-state index in [1.165, 1.54) is 15.2 Å². The van der Waals surface area contributed by atoms with Crippen LogP contribution in [-0.4, -0.2) is 25.7 Å². The van der Waals surface area contributed by atoms with E-state index in [-0.39, 0.29) is 28.6 Å². The highest BCUT2D eigenvalue weighted by molar-refractivity contribution is 7.71. The third kappa shape index (κ3) is 3.26. The van der Waals surface area contributed by atoms with E-state index < -0.39 is 5.56 Å². The van der Waals surface area contributed by atoms with Gasteiger partial charge in [-0.15, -0.1) is 10.2 Å². The molecule has 0 aliphatic heterocycles. The summed E-state index contributed by atoms with van der Waals surface area (Å²) in [7, 11) is 0. The first-order valence-corrected chi connectivity index (χ1v) is 7.31. The Morgan fingerprint density at radius 2 is 2.04 bits per heavy atom. The summed E-state index contributed by atoms with van der Waals surface area (Å²) in [6.45, 7) is 4.26. The summed E-state index contributed by atoms with van der Waals surface area (Å²) >= 11 is 5.17. The molecule has 0 fully saturated rings. The normalized spacial score (nSPS) is 11.2. The zero-order valence-electron chi connectivity index (χ0n) is 12.6. The number of aromatic nitrogens is 3. The van der Waals surface area contributed by atoms with E-state index >= 15 is 0 Å². The Kier molecular flexibility index (Phi) is 5.16. The molecule has 0 amide bonds. The van der Waals surface area contributed by atoms with Crippen LogP contribution in [0.3, 0.4) is 0 Å². The fourth-order valence-corrected chi connectivity index (χ4v) is 2.38. The summed E-state index contributed by atoms with van der Waals surface area (Å²) in [5.41, 5.74) is -0.776. The molecule has 122 valence electrons. The molecule has 0 radical (unpaired) electrons. The number of aldehydes is 1. The minimum Gasteiger partial charge on any atom is -0.493 e.